The molecule has 0 unspecified atom stereocenters. The van der Waals surface area contributed by atoms with Gasteiger partial charge in [0.25, 0.3) is 5.91 Å². The third-order valence-corrected chi connectivity index (χ3v) is 6.15. The second kappa shape index (κ2) is 7.19. The van der Waals surface area contributed by atoms with Crippen LogP contribution in [-0.2, 0) is 18.0 Å². The molecule has 3 aromatic rings. The topological polar surface area (TPSA) is 25.2 Å². The maximum Gasteiger partial charge on any atom is 0.417 e. The van der Waals surface area contributed by atoms with Crippen molar-refractivity contribution in [2.45, 2.75) is 6.18 Å². The van der Waals surface area contributed by atoms with Gasteiger partial charge in [-0.1, -0.05) is 53.8 Å². The summed E-state index contributed by atoms with van der Waals surface area (Å²) in [6.45, 7) is 0. The number of alkyl halides is 3. The van der Waals surface area contributed by atoms with Crippen LogP contribution in [0.15, 0.2) is 53.6 Å². The first-order valence-corrected chi connectivity index (χ1v) is 9.96. The second-order valence-corrected chi connectivity index (χ2v) is 8.47. The summed E-state index contributed by atoms with van der Waals surface area (Å²) in [5.41, 5.74) is 0.853. The van der Waals surface area contributed by atoms with Gasteiger partial charge in [0, 0.05) is 29.7 Å². The summed E-state index contributed by atoms with van der Waals surface area (Å²) < 4.78 is 41.7. The van der Waals surface area contributed by atoms with Crippen LogP contribution >= 0.6 is 35.6 Å². The summed E-state index contributed by atoms with van der Waals surface area (Å²) in [7, 11) is 1.90. The van der Waals surface area contributed by atoms with E-state index >= 15 is 0 Å². The number of aryl methyl sites for hydroxylation is 1. The van der Waals surface area contributed by atoms with Crippen LogP contribution in [0.5, 0.6) is 0 Å². The van der Waals surface area contributed by atoms with Crippen molar-refractivity contribution >= 4 is 68.5 Å². The first-order chi connectivity index (χ1) is 13.7. The van der Waals surface area contributed by atoms with E-state index in [2.05, 4.69) is 0 Å². The minimum atomic E-state index is -4.63. The van der Waals surface area contributed by atoms with E-state index in [1.165, 1.54) is 6.07 Å². The Morgan fingerprint density at radius 1 is 1.17 bits per heavy atom. The van der Waals surface area contributed by atoms with E-state index in [0.29, 0.717) is 4.91 Å². The Morgan fingerprint density at radius 2 is 1.90 bits per heavy atom. The van der Waals surface area contributed by atoms with Crippen LogP contribution in [-0.4, -0.2) is 14.8 Å². The van der Waals surface area contributed by atoms with Crippen molar-refractivity contribution < 1.29 is 18.0 Å². The lowest BCUT2D eigenvalue weighted by atomic mass is 10.1. The van der Waals surface area contributed by atoms with Crippen LogP contribution in [0.1, 0.15) is 11.1 Å². The van der Waals surface area contributed by atoms with Crippen LogP contribution in [0.3, 0.4) is 0 Å². The molecule has 0 bridgehead atoms. The van der Waals surface area contributed by atoms with Crippen molar-refractivity contribution in [3.8, 4) is 0 Å². The molecule has 1 saturated heterocycles. The molecule has 0 aliphatic carbocycles. The molecule has 4 rings (SSSR count). The third-order valence-electron chi connectivity index (χ3n) is 4.52. The summed E-state index contributed by atoms with van der Waals surface area (Å²) in [4.78, 5) is 14.4. The zero-order valence-corrected chi connectivity index (χ0v) is 17.2. The molecule has 0 saturated carbocycles. The molecule has 2 aromatic carbocycles. The number of anilines is 1. The van der Waals surface area contributed by atoms with Crippen molar-refractivity contribution in [3.63, 3.8) is 0 Å². The van der Waals surface area contributed by atoms with Crippen molar-refractivity contribution in [2.75, 3.05) is 4.90 Å². The quantitative estimate of drug-likeness (QED) is 0.339. The number of hydrogen-bond acceptors (Lipinski definition) is 3. The highest BCUT2D eigenvalue weighted by Gasteiger charge is 2.37. The third kappa shape index (κ3) is 3.56. The van der Waals surface area contributed by atoms with Gasteiger partial charge in [-0.05, 0) is 30.3 Å². The zero-order chi connectivity index (χ0) is 20.9. The molecule has 1 aliphatic heterocycles. The van der Waals surface area contributed by atoms with Crippen LogP contribution in [0.2, 0.25) is 5.02 Å². The van der Waals surface area contributed by atoms with E-state index < -0.39 is 22.7 Å². The fourth-order valence-corrected chi connectivity index (χ4v) is 4.70. The molecule has 0 N–H and O–H groups in total. The molecule has 0 radical (unpaired) electrons. The normalized spacial score (nSPS) is 16.4. The largest absolute Gasteiger partial charge is 0.417 e. The Hall–Kier alpha value is -2.29. The Bertz CT molecular complexity index is 1200. The number of aromatic nitrogens is 1. The van der Waals surface area contributed by atoms with Crippen molar-refractivity contribution in [1.82, 2.24) is 4.57 Å². The van der Waals surface area contributed by atoms with E-state index in [0.717, 1.165) is 45.3 Å². The number of thioether (sulfide) groups is 1. The number of benzene rings is 2. The monoisotopic (exact) mass is 452 g/mol. The van der Waals surface area contributed by atoms with E-state index in [9.17, 15) is 18.0 Å². The minimum absolute atomic E-state index is 0.0329. The Labute approximate surface area is 178 Å². The molecular weight excluding hydrogens is 441 g/mol. The van der Waals surface area contributed by atoms with Crippen LogP contribution in [0, 0.1) is 0 Å². The molecule has 29 heavy (non-hydrogen) atoms. The lowest BCUT2D eigenvalue weighted by Crippen LogP contribution is -2.27. The van der Waals surface area contributed by atoms with Gasteiger partial charge >= 0.3 is 6.18 Å². The van der Waals surface area contributed by atoms with Gasteiger partial charge in [0.15, 0.2) is 4.32 Å². The fraction of sp³-hybridized carbons (Fsp3) is 0.100. The highest BCUT2D eigenvalue weighted by atomic mass is 35.5. The van der Waals surface area contributed by atoms with Gasteiger partial charge in [-0.2, -0.15) is 13.2 Å². The first-order valence-electron chi connectivity index (χ1n) is 8.35. The number of thiocarbonyl (C=S) groups is 1. The van der Waals surface area contributed by atoms with Crippen molar-refractivity contribution in [1.29, 1.82) is 0 Å². The standard InChI is InChI=1S/C20H12ClF3N2OS2/c1-25-10-11(13-4-2-3-5-16(13)25)8-17-18(27)26(19(28)29-17)12-6-7-15(21)14(9-12)20(22,23)24/h2-10H,1H3. The van der Waals surface area contributed by atoms with Gasteiger partial charge in [0.2, 0.25) is 0 Å². The molecule has 1 amide bonds. The Kier molecular flexibility index (Phi) is 4.96. The number of nitrogens with zero attached hydrogens (tertiary/aromatic N) is 2. The predicted octanol–water partition coefficient (Wildman–Crippen LogP) is 6.26. The minimum Gasteiger partial charge on any atom is -0.350 e. The molecular formula is C20H12ClF3N2OS2. The van der Waals surface area contributed by atoms with Crippen molar-refractivity contribution in [3.05, 3.63) is 69.7 Å². The van der Waals surface area contributed by atoms with Crippen LogP contribution in [0.25, 0.3) is 17.0 Å². The van der Waals surface area contributed by atoms with Gasteiger partial charge in [0.1, 0.15) is 0 Å². The summed E-state index contributed by atoms with van der Waals surface area (Å²) in [6.07, 6.45) is -1.03. The van der Waals surface area contributed by atoms with Gasteiger partial charge in [-0.25, -0.2) is 0 Å². The number of hydrogen-bond donors (Lipinski definition) is 0. The highest BCUT2D eigenvalue weighted by Crippen LogP contribution is 2.41. The van der Waals surface area contributed by atoms with Gasteiger partial charge < -0.3 is 4.57 Å². The summed E-state index contributed by atoms with van der Waals surface area (Å²) >= 11 is 12.0. The SMILES string of the molecule is Cn1cc(C=C2SC(=S)N(c3ccc(Cl)c(C(F)(F)F)c3)C2=O)c2ccccc21. The van der Waals surface area contributed by atoms with Gasteiger partial charge in [0.05, 0.1) is 21.2 Å². The van der Waals surface area contributed by atoms with Crippen LogP contribution < -0.4 is 4.90 Å². The lowest BCUT2D eigenvalue weighted by molar-refractivity contribution is -0.137. The van der Waals surface area contributed by atoms with E-state index in [1.807, 2.05) is 42.1 Å². The van der Waals surface area contributed by atoms with Crippen molar-refractivity contribution in [2.24, 2.45) is 7.05 Å². The van der Waals surface area contributed by atoms with E-state index in [-0.39, 0.29) is 10.0 Å². The number of carbonyl (C=O) groups is 1. The number of amides is 1. The maximum atomic E-state index is 13.2. The summed E-state index contributed by atoms with van der Waals surface area (Å²) in [5.74, 6) is -0.469. The first kappa shape index (κ1) is 20.0. The smallest absolute Gasteiger partial charge is 0.350 e. The molecule has 0 atom stereocenters. The predicted molar refractivity (Wildman–Crippen MR) is 115 cm³/mol. The number of para-hydroxylation sites is 1. The van der Waals surface area contributed by atoms with Gasteiger partial charge in [-0.15, -0.1) is 0 Å². The Balaban J connectivity index is 1.74. The molecule has 0 spiro atoms. The molecule has 1 fully saturated rings. The molecule has 1 aliphatic rings. The zero-order valence-electron chi connectivity index (χ0n) is 14.8. The Morgan fingerprint density at radius 3 is 2.62 bits per heavy atom. The number of rotatable bonds is 2. The average molecular weight is 453 g/mol. The van der Waals surface area contributed by atoms with E-state index in [1.54, 1.807) is 6.08 Å². The fourth-order valence-electron chi connectivity index (χ4n) is 3.19. The van der Waals surface area contributed by atoms with Gasteiger partial charge in [-0.3, -0.25) is 9.69 Å². The average Bonchev–Trinajstić information content (AvgIpc) is 3.12. The number of carbonyl (C=O) groups excluding carboxylic acids is 1. The second-order valence-electron chi connectivity index (χ2n) is 6.39. The molecule has 1 aromatic heterocycles. The summed E-state index contributed by atoms with van der Waals surface area (Å²) in [6, 6.07) is 11.0. The maximum absolute atomic E-state index is 13.2. The molecule has 3 nitrogen and oxygen atoms in total. The molecule has 2 heterocycles. The summed E-state index contributed by atoms with van der Waals surface area (Å²) in [5, 5.41) is 0.532. The molecule has 148 valence electrons. The lowest BCUT2D eigenvalue weighted by Gasteiger charge is -2.17. The molecule has 9 heteroatoms. The van der Waals surface area contributed by atoms with E-state index in [4.69, 9.17) is 23.8 Å². The number of fused-ring (bicyclic) bond motifs is 1. The number of halogens is 4. The highest BCUT2D eigenvalue weighted by molar-refractivity contribution is 8.27. The van der Waals surface area contributed by atoms with Crippen LogP contribution in [0.4, 0.5) is 18.9 Å².